The van der Waals surface area contributed by atoms with Gasteiger partial charge >= 0.3 is 0 Å². The number of benzene rings is 2. The van der Waals surface area contributed by atoms with Crippen LogP contribution in [0.4, 0.5) is 0 Å². The first kappa shape index (κ1) is 10.4. The molecule has 2 nitrogen and oxygen atoms in total. The highest BCUT2D eigenvalue weighted by Crippen LogP contribution is 2.22. The fourth-order valence-corrected chi connectivity index (χ4v) is 1.47. The van der Waals surface area contributed by atoms with E-state index in [0.717, 1.165) is 23.2 Å². The summed E-state index contributed by atoms with van der Waals surface area (Å²) in [6, 6.07) is 16.1. The van der Waals surface area contributed by atoms with Gasteiger partial charge < -0.3 is 4.74 Å². The van der Waals surface area contributed by atoms with Crippen LogP contribution in [0, 0.1) is 6.07 Å². The Labute approximate surface area is 94.5 Å². The summed E-state index contributed by atoms with van der Waals surface area (Å²) in [6.07, 6.45) is 0.789. The van der Waals surface area contributed by atoms with E-state index in [2.05, 4.69) is 6.07 Å². The molecule has 0 saturated heterocycles. The van der Waals surface area contributed by atoms with Crippen LogP contribution in [0.5, 0.6) is 5.75 Å². The number of carbonyl (C=O) groups excluding carboxylic acids is 1. The van der Waals surface area contributed by atoms with Crippen molar-refractivity contribution in [2.75, 3.05) is 7.11 Å². The number of methoxy groups -OCH3 is 1. The number of hydrogen-bond acceptors (Lipinski definition) is 2. The number of ether oxygens (including phenoxy) is 1. The van der Waals surface area contributed by atoms with E-state index in [1.165, 1.54) is 0 Å². The van der Waals surface area contributed by atoms with Gasteiger partial charge in [0, 0.05) is 5.56 Å². The van der Waals surface area contributed by atoms with Crippen molar-refractivity contribution in [2.45, 2.75) is 0 Å². The molecule has 2 heteroatoms. The van der Waals surface area contributed by atoms with Gasteiger partial charge in [0.15, 0.2) is 6.29 Å². The van der Waals surface area contributed by atoms with E-state index in [4.69, 9.17) is 4.74 Å². The van der Waals surface area contributed by atoms with E-state index < -0.39 is 0 Å². The van der Waals surface area contributed by atoms with Crippen molar-refractivity contribution in [1.29, 1.82) is 0 Å². The predicted molar refractivity (Wildman–Crippen MR) is 62.7 cm³/mol. The van der Waals surface area contributed by atoms with Gasteiger partial charge in [0.2, 0.25) is 0 Å². The van der Waals surface area contributed by atoms with Gasteiger partial charge in [0.25, 0.3) is 0 Å². The van der Waals surface area contributed by atoms with Crippen molar-refractivity contribution in [1.82, 2.24) is 0 Å². The third-order valence-corrected chi connectivity index (χ3v) is 2.39. The predicted octanol–water partition coefficient (Wildman–Crippen LogP) is 2.97. The van der Waals surface area contributed by atoms with Crippen LogP contribution >= 0.6 is 0 Å². The van der Waals surface area contributed by atoms with E-state index in [0.29, 0.717) is 5.56 Å². The molecule has 0 aromatic heterocycles. The van der Waals surface area contributed by atoms with Crippen molar-refractivity contribution < 1.29 is 9.53 Å². The fraction of sp³-hybridized carbons (Fsp3) is 0.0714. The molecule has 2 aromatic rings. The molecule has 0 N–H and O–H groups in total. The average molecular weight is 211 g/mol. The minimum atomic E-state index is 0.567. The Hall–Kier alpha value is -2.09. The zero-order chi connectivity index (χ0) is 11.4. The Morgan fingerprint density at radius 3 is 2.25 bits per heavy atom. The van der Waals surface area contributed by atoms with Crippen molar-refractivity contribution in [2.24, 2.45) is 0 Å². The summed E-state index contributed by atoms with van der Waals surface area (Å²) in [5.41, 5.74) is 2.68. The lowest BCUT2D eigenvalue weighted by Crippen LogP contribution is -1.84. The molecule has 1 radical (unpaired) electrons. The summed E-state index contributed by atoms with van der Waals surface area (Å²) in [7, 11) is 1.64. The molecule has 0 atom stereocenters. The first-order chi connectivity index (χ1) is 7.83. The maximum Gasteiger partial charge on any atom is 0.150 e. The van der Waals surface area contributed by atoms with Crippen molar-refractivity contribution in [3.8, 4) is 16.9 Å². The second kappa shape index (κ2) is 4.62. The van der Waals surface area contributed by atoms with Gasteiger partial charge in [-0.3, -0.25) is 4.79 Å². The Kier molecular flexibility index (Phi) is 3.01. The Balaban J connectivity index is 2.31. The number of aldehydes is 1. The van der Waals surface area contributed by atoms with E-state index in [1.54, 1.807) is 13.2 Å². The zero-order valence-corrected chi connectivity index (χ0v) is 8.94. The average Bonchev–Trinajstić information content (AvgIpc) is 2.39. The Morgan fingerprint density at radius 2 is 1.75 bits per heavy atom. The zero-order valence-electron chi connectivity index (χ0n) is 8.94. The molecule has 0 bridgehead atoms. The van der Waals surface area contributed by atoms with Crippen molar-refractivity contribution in [3.63, 3.8) is 0 Å². The second-order valence-electron chi connectivity index (χ2n) is 3.38. The van der Waals surface area contributed by atoms with Gasteiger partial charge in [-0.1, -0.05) is 24.3 Å². The molecule has 0 aliphatic heterocycles. The normalized spacial score (nSPS) is 9.81. The monoisotopic (exact) mass is 211 g/mol. The lowest BCUT2D eigenvalue weighted by molar-refractivity contribution is 0.112. The fourth-order valence-electron chi connectivity index (χ4n) is 1.47. The smallest absolute Gasteiger partial charge is 0.150 e. The van der Waals surface area contributed by atoms with Crippen LogP contribution in [-0.2, 0) is 0 Å². The molecule has 0 saturated carbocycles. The Morgan fingerprint density at radius 1 is 1.06 bits per heavy atom. The van der Waals surface area contributed by atoms with Crippen LogP contribution in [0.3, 0.4) is 0 Å². The third-order valence-electron chi connectivity index (χ3n) is 2.39. The quantitative estimate of drug-likeness (QED) is 0.729. The van der Waals surface area contributed by atoms with Crippen molar-refractivity contribution in [3.05, 3.63) is 54.1 Å². The molecule has 16 heavy (non-hydrogen) atoms. The highest BCUT2D eigenvalue weighted by molar-refractivity contribution is 5.76. The summed E-state index contributed by atoms with van der Waals surface area (Å²) in [6.45, 7) is 0. The molecule has 0 amide bonds. The minimum absolute atomic E-state index is 0.567. The van der Waals surface area contributed by atoms with Gasteiger partial charge in [-0.2, -0.15) is 0 Å². The van der Waals surface area contributed by atoms with Gasteiger partial charge in [-0.25, -0.2) is 0 Å². The lowest BCUT2D eigenvalue weighted by Gasteiger charge is -2.03. The van der Waals surface area contributed by atoms with E-state index in [-0.39, 0.29) is 0 Å². The number of rotatable bonds is 3. The molecule has 0 spiro atoms. The van der Waals surface area contributed by atoms with Crippen LogP contribution in [0.1, 0.15) is 10.4 Å². The van der Waals surface area contributed by atoms with Gasteiger partial charge in [0.05, 0.1) is 7.11 Å². The lowest BCUT2D eigenvalue weighted by atomic mass is 10.0. The first-order valence-corrected chi connectivity index (χ1v) is 4.95. The largest absolute Gasteiger partial charge is 0.497 e. The molecule has 0 fully saturated rings. The van der Waals surface area contributed by atoms with Crippen LogP contribution in [0.2, 0.25) is 0 Å². The topological polar surface area (TPSA) is 26.3 Å². The van der Waals surface area contributed by atoms with E-state index in [9.17, 15) is 4.79 Å². The molecular formula is C14H11O2. The molecule has 2 aromatic carbocycles. The molecule has 0 aliphatic carbocycles. The maximum atomic E-state index is 10.5. The highest BCUT2D eigenvalue weighted by Gasteiger charge is 1.98. The molecular weight excluding hydrogens is 200 g/mol. The highest BCUT2D eigenvalue weighted by atomic mass is 16.5. The van der Waals surface area contributed by atoms with Gasteiger partial charge in [-0.15, -0.1) is 0 Å². The molecule has 2 rings (SSSR count). The van der Waals surface area contributed by atoms with Gasteiger partial charge in [0.1, 0.15) is 5.75 Å². The SMILES string of the molecule is COc1ccc(-c2c[c]c(C=O)cc2)cc1. The summed E-state index contributed by atoms with van der Waals surface area (Å²) < 4.78 is 5.09. The van der Waals surface area contributed by atoms with E-state index in [1.807, 2.05) is 36.4 Å². The van der Waals surface area contributed by atoms with Crippen LogP contribution in [0.25, 0.3) is 11.1 Å². The minimum Gasteiger partial charge on any atom is -0.497 e. The Bertz CT molecular complexity index is 469. The number of carbonyl (C=O) groups is 1. The molecule has 79 valence electrons. The van der Waals surface area contributed by atoms with Gasteiger partial charge in [-0.05, 0) is 35.4 Å². The summed E-state index contributed by atoms with van der Waals surface area (Å²) in [5.74, 6) is 0.831. The third kappa shape index (κ3) is 2.11. The molecule has 0 aliphatic rings. The second-order valence-corrected chi connectivity index (χ2v) is 3.38. The van der Waals surface area contributed by atoms with Crippen molar-refractivity contribution >= 4 is 6.29 Å². The summed E-state index contributed by atoms with van der Waals surface area (Å²) in [4.78, 5) is 10.5. The standard InChI is InChI=1S/C14H11O2/c1-16-14-8-6-13(7-9-14)12-4-2-11(10-15)3-5-12/h2,4-10H,1H3. The van der Waals surface area contributed by atoms with E-state index >= 15 is 0 Å². The van der Waals surface area contributed by atoms with Crippen LogP contribution in [-0.4, -0.2) is 13.4 Å². The molecule has 0 heterocycles. The first-order valence-electron chi connectivity index (χ1n) is 4.95. The summed E-state index contributed by atoms with van der Waals surface area (Å²) >= 11 is 0. The number of hydrogen-bond donors (Lipinski definition) is 0. The molecule has 0 unspecified atom stereocenters. The summed E-state index contributed by atoms with van der Waals surface area (Å²) in [5, 5.41) is 0. The van der Waals surface area contributed by atoms with Crippen LogP contribution in [0.15, 0.2) is 42.5 Å². The maximum absolute atomic E-state index is 10.5. The van der Waals surface area contributed by atoms with Crippen LogP contribution < -0.4 is 4.74 Å².